The number of carboxylic acids is 1. The fourth-order valence-electron chi connectivity index (χ4n) is 2.13. The molecule has 4 heteroatoms. The summed E-state index contributed by atoms with van der Waals surface area (Å²) < 4.78 is 0. The lowest BCUT2D eigenvalue weighted by Gasteiger charge is -2.29. The monoisotopic (exact) mass is 264 g/mol. The first-order valence-electron chi connectivity index (χ1n) is 6.69. The lowest BCUT2D eigenvalue weighted by Crippen LogP contribution is -2.32. The van der Waals surface area contributed by atoms with E-state index >= 15 is 0 Å². The van der Waals surface area contributed by atoms with Gasteiger partial charge in [-0.2, -0.15) is 0 Å². The summed E-state index contributed by atoms with van der Waals surface area (Å²) in [5, 5.41) is 8.96. The quantitative estimate of drug-likeness (QED) is 0.775. The Morgan fingerprint density at radius 2 is 1.74 bits per heavy atom. The molecule has 0 heterocycles. The third-order valence-corrected chi connectivity index (χ3v) is 2.79. The van der Waals surface area contributed by atoms with Crippen molar-refractivity contribution in [1.82, 2.24) is 0 Å². The molecule has 0 aliphatic heterocycles. The van der Waals surface area contributed by atoms with Crippen LogP contribution >= 0.6 is 0 Å². The minimum Gasteiger partial charge on any atom is -0.478 e. The van der Waals surface area contributed by atoms with Crippen LogP contribution in [-0.4, -0.2) is 24.2 Å². The molecule has 0 saturated carbocycles. The molecule has 0 amide bonds. The molecule has 0 unspecified atom stereocenters. The van der Waals surface area contributed by atoms with Crippen LogP contribution in [-0.2, 0) is 0 Å². The van der Waals surface area contributed by atoms with Gasteiger partial charge in [-0.1, -0.05) is 27.7 Å². The maximum atomic E-state index is 10.9. The molecule has 3 N–H and O–H groups in total. The zero-order valence-electron chi connectivity index (χ0n) is 12.2. The number of benzene rings is 1. The van der Waals surface area contributed by atoms with Crippen LogP contribution in [0.15, 0.2) is 18.2 Å². The number of hydrogen-bond donors (Lipinski definition) is 2. The molecule has 1 aromatic carbocycles. The molecule has 0 atom stereocenters. The van der Waals surface area contributed by atoms with Gasteiger partial charge in [0.2, 0.25) is 0 Å². The van der Waals surface area contributed by atoms with E-state index in [1.165, 1.54) is 6.07 Å². The Balaban J connectivity index is 3.04. The van der Waals surface area contributed by atoms with Crippen molar-refractivity contribution in [2.75, 3.05) is 23.7 Å². The molecule has 0 saturated heterocycles. The van der Waals surface area contributed by atoms with Crippen molar-refractivity contribution in [3.05, 3.63) is 23.8 Å². The minimum atomic E-state index is -0.947. The molecule has 0 bridgehead atoms. The van der Waals surface area contributed by atoms with Gasteiger partial charge < -0.3 is 15.7 Å². The minimum absolute atomic E-state index is 0.232. The predicted molar refractivity (Wildman–Crippen MR) is 79.7 cm³/mol. The number of anilines is 2. The number of carboxylic acid groups (broad SMARTS) is 1. The topological polar surface area (TPSA) is 66.6 Å². The van der Waals surface area contributed by atoms with Gasteiger partial charge in [0.15, 0.2) is 0 Å². The summed E-state index contributed by atoms with van der Waals surface area (Å²) >= 11 is 0. The largest absolute Gasteiger partial charge is 0.478 e. The molecule has 0 spiro atoms. The fourth-order valence-corrected chi connectivity index (χ4v) is 2.13. The molecule has 0 radical (unpaired) electrons. The molecule has 19 heavy (non-hydrogen) atoms. The van der Waals surface area contributed by atoms with E-state index in [0.717, 1.165) is 18.8 Å². The van der Waals surface area contributed by atoms with E-state index in [-0.39, 0.29) is 5.56 Å². The highest BCUT2D eigenvalue weighted by Gasteiger charge is 2.14. The molecule has 0 aromatic heterocycles. The molecule has 0 fully saturated rings. The van der Waals surface area contributed by atoms with Gasteiger partial charge in [0.05, 0.1) is 16.9 Å². The maximum absolute atomic E-state index is 10.9. The first-order chi connectivity index (χ1) is 8.81. The summed E-state index contributed by atoms with van der Waals surface area (Å²) in [5.41, 5.74) is 7.69. The second-order valence-corrected chi connectivity index (χ2v) is 5.77. The SMILES string of the molecule is CC(C)CN(CC(C)C)c1ccc(C(=O)O)cc1N. The van der Waals surface area contributed by atoms with E-state index in [2.05, 4.69) is 32.6 Å². The van der Waals surface area contributed by atoms with Crippen LogP contribution in [0.4, 0.5) is 11.4 Å². The summed E-state index contributed by atoms with van der Waals surface area (Å²) in [6, 6.07) is 4.95. The molecule has 1 aromatic rings. The van der Waals surface area contributed by atoms with E-state index in [1.807, 2.05) is 6.07 Å². The second kappa shape index (κ2) is 6.45. The van der Waals surface area contributed by atoms with Gasteiger partial charge in [0, 0.05) is 13.1 Å². The Bertz CT molecular complexity index is 432. The van der Waals surface area contributed by atoms with Gasteiger partial charge in [0.25, 0.3) is 0 Å². The maximum Gasteiger partial charge on any atom is 0.335 e. The highest BCUT2D eigenvalue weighted by Crippen LogP contribution is 2.26. The normalized spacial score (nSPS) is 11.1. The van der Waals surface area contributed by atoms with Crippen LogP contribution in [0.2, 0.25) is 0 Å². The Hall–Kier alpha value is -1.71. The Morgan fingerprint density at radius 3 is 2.11 bits per heavy atom. The Labute approximate surface area is 115 Å². The molecule has 0 aliphatic carbocycles. The van der Waals surface area contributed by atoms with E-state index in [4.69, 9.17) is 10.8 Å². The number of nitrogen functional groups attached to an aromatic ring is 1. The molecule has 4 nitrogen and oxygen atoms in total. The fraction of sp³-hybridized carbons (Fsp3) is 0.533. The van der Waals surface area contributed by atoms with Gasteiger partial charge in [-0.3, -0.25) is 0 Å². The second-order valence-electron chi connectivity index (χ2n) is 5.77. The third kappa shape index (κ3) is 4.47. The van der Waals surface area contributed by atoms with Crippen LogP contribution < -0.4 is 10.6 Å². The third-order valence-electron chi connectivity index (χ3n) is 2.79. The van der Waals surface area contributed by atoms with Crippen molar-refractivity contribution in [2.45, 2.75) is 27.7 Å². The van der Waals surface area contributed by atoms with Gasteiger partial charge >= 0.3 is 5.97 Å². The smallest absolute Gasteiger partial charge is 0.335 e. The van der Waals surface area contributed by atoms with Gasteiger partial charge in [-0.05, 0) is 30.0 Å². The van der Waals surface area contributed by atoms with Crippen molar-refractivity contribution in [2.24, 2.45) is 11.8 Å². The van der Waals surface area contributed by atoms with Gasteiger partial charge in [0.1, 0.15) is 0 Å². The van der Waals surface area contributed by atoms with Crippen molar-refractivity contribution < 1.29 is 9.90 Å². The summed E-state index contributed by atoms with van der Waals surface area (Å²) in [4.78, 5) is 13.2. The van der Waals surface area contributed by atoms with Crippen LogP contribution in [0.25, 0.3) is 0 Å². The van der Waals surface area contributed by atoms with Crippen LogP contribution in [0.1, 0.15) is 38.1 Å². The number of hydrogen-bond acceptors (Lipinski definition) is 3. The number of carbonyl (C=O) groups is 1. The van der Waals surface area contributed by atoms with Crippen LogP contribution in [0.5, 0.6) is 0 Å². The summed E-state index contributed by atoms with van der Waals surface area (Å²) in [7, 11) is 0. The van der Waals surface area contributed by atoms with Gasteiger partial charge in [-0.15, -0.1) is 0 Å². The number of aromatic carboxylic acids is 1. The number of nitrogens with two attached hydrogens (primary N) is 1. The molecular weight excluding hydrogens is 240 g/mol. The van der Waals surface area contributed by atoms with Crippen LogP contribution in [0.3, 0.4) is 0 Å². The standard InChI is InChI=1S/C15H24N2O2/c1-10(2)8-17(9-11(3)4)14-6-5-12(15(18)19)7-13(14)16/h5-7,10-11H,8-9,16H2,1-4H3,(H,18,19). The number of nitrogens with zero attached hydrogens (tertiary/aromatic N) is 1. The van der Waals surface area contributed by atoms with Gasteiger partial charge in [-0.25, -0.2) is 4.79 Å². The molecule has 0 aliphatic rings. The average Bonchev–Trinajstić information content (AvgIpc) is 2.26. The number of rotatable bonds is 6. The Kier molecular flexibility index (Phi) is 5.21. The van der Waals surface area contributed by atoms with Crippen molar-refractivity contribution >= 4 is 17.3 Å². The van der Waals surface area contributed by atoms with E-state index in [0.29, 0.717) is 17.5 Å². The molecular formula is C15H24N2O2. The lowest BCUT2D eigenvalue weighted by molar-refractivity contribution is 0.0697. The molecule has 106 valence electrons. The zero-order valence-corrected chi connectivity index (χ0v) is 12.2. The first-order valence-corrected chi connectivity index (χ1v) is 6.69. The van der Waals surface area contributed by atoms with E-state index in [1.54, 1.807) is 6.07 Å². The van der Waals surface area contributed by atoms with Crippen molar-refractivity contribution in [3.63, 3.8) is 0 Å². The van der Waals surface area contributed by atoms with E-state index < -0.39 is 5.97 Å². The average molecular weight is 264 g/mol. The van der Waals surface area contributed by atoms with Crippen molar-refractivity contribution in [3.8, 4) is 0 Å². The summed E-state index contributed by atoms with van der Waals surface area (Å²) in [5.74, 6) is 0.104. The van der Waals surface area contributed by atoms with Crippen LogP contribution in [0, 0.1) is 11.8 Å². The predicted octanol–water partition coefficient (Wildman–Crippen LogP) is 3.09. The highest BCUT2D eigenvalue weighted by molar-refractivity contribution is 5.90. The highest BCUT2D eigenvalue weighted by atomic mass is 16.4. The summed E-state index contributed by atoms with van der Waals surface area (Å²) in [6.07, 6.45) is 0. The lowest BCUT2D eigenvalue weighted by atomic mass is 10.1. The summed E-state index contributed by atoms with van der Waals surface area (Å²) in [6.45, 7) is 10.5. The van der Waals surface area contributed by atoms with E-state index in [9.17, 15) is 4.79 Å². The Morgan fingerprint density at radius 1 is 1.21 bits per heavy atom. The first kappa shape index (κ1) is 15.3. The molecule has 1 rings (SSSR count). The van der Waals surface area contributed by atoms with Crippen molar-refractivity contribution in [1.29, 1.82) is 0 Å². The zero-order chi connectivity index (χ0) is 14.6.